The van der Waals surface area contributed by atoms with Gasteiger partial charge in [-0.1, -0.05) is 40.5 Å². The van der Waals surface area contributed by atoms with Crippen molar-refractivity contribution in [3.63, 3.8) is 0 Å². The molecule has 0 fully saturated rings. The Morgan fingerprint density at radius 2 is 2.05 bits per heavy atom. The third-order valence-electron chi connectivity index (χ3n) is 4.49. The van der Waals surface area contributed by atoms with Gasteiger partial charge in [-0.25, -0.2) is 0 Å². The Balaban J connectivity index is 1.95. The first kappa shape index (κ1) is 16.0. The quantitative estimate of drug-likeness (QED) is 0.877. The van der Waals surface area contributed by atoms with Crippen molar-refractivity contribution in [3.05, 3.63) is 11.6 Å². The average molecular weight is 292 g/mol. The van der Waals surface area contributed by atoms with Crippen LogP contribution in [0.2, 0.25) is 0 Å². The summed E-state index contributed by atoms with van der Waals surface area (Å²) in [5.41, 5.74) is 0. The lowest BCUT2D eigenvalue weighted by Crippen LogP contribution is -2.42. The van der Waals surface area contributed by atoms with Gasteiger partial charge in [0.15, 0.2) is 0 Å². The monoisotopic (exact) mass is 292 g/mol. The molecule has 2 heterocycles. The molecule has 2 rings (SSSR count). The normalized spacial score (nSPS) is 18.1. The summed E-state index contributed by atoms with van der Waals surface area (Å²) in [6.07, 6.45) is 4.65. The van der Waals surface area contributed by atoms with E-state index in [2.05, 4.69) is 47.8 Å². The molecule has 1 amide bonds. The van der Waals surface area contributed by atoms with Crippen LogP contribution in [0.5, 0.6) is 0 Å². The van der Waals surface area contributed by atoms with Crippen molar-refractivity contribution in [1.29, 1.82) is 0 Å². The lowest BCUT2D eigenvalue weighted by atomic mass is 9.98. The SMILES string of the molecule is CCC(CC)CC(=O)NC1CCc2nnc(C(C)C)n2C1. The summed E-state index contributed by atoms with van der Waals surface area (Å²) >= 11 is 0. The Hall–Kier alpha value is -1.39. The van der Waals surface area contributed by atoms with Crippen molar-refractivity contribution >= 4 is 5.91 Å². The Kier molecular flexibility index (Phi) is 5.37. The first-order valence-electron chi connectivity index (χ1n) is 8.26. The first-order chi connectivity index (χ1) is 10.0. The minimum atomic E-state index is 0.191. The van der Waals surface area contributed by atoms with E-state index in [0.29, 0.717) is 18.3 Å². The molecule has 1 atom stereocenters. The van der Waals surface area contributed by atoms with Crippen LogP contribution in [0.25, 0.3) is 0 Å². The number of nitrogens with zero attached hydrogens (tertiary/aromatic N) is 3. The molecule has 5 nitrogen and oxygen atoms in total. The number of hydrogen-bond acceptors (Lipinski definition) is 3. The van der Waals surface area contributed by atoms with Gasteiger partial charge in [0.2, 0.25) is 5.91 Å². The zero-order chi connectivity index (χ0) is 15.4. The van der Waals surface area contributed by atoms with Gasteiger partial charge in [-0.3, -0.25) is 4.79 Å². The largest absolute Gasteiger partial charge is 0.352 e. The van der Waals surface area contributed by atoms with E-state index in [9.17, 15) is 4.79 Å². The fourth-order valence-electron chi connectivity index (χ4n) is 3.02. The minimum absolute atomic E-state index is 0.191. The van der Waals surface area contributed by atoms with E-state index in [1.165, 1.54) is 0 Å². The van der Waals surface area contributed by atoms with Crippen molar-refractivity contribution < 1.29 is 4.79 Å². The molecular formula is C16H28N4O. The molecule has 0 spiro atoms. The molecule has 1 unspecified atom stereocenters. The number of carbonyl (C=O) groups excluding carboxylic acids is 1. The van der Waals surface area contributed by atoms with Gasteiger partial charge in [-0.05, 0) is 12.3 Å². The highest BCUT2D eigenvalue weighted by Crippen LogP contribution is 2.20. The van der Waals surface area contributed by atoms with Gasteiger partial charge in [0.1, 0.15) is 11.6 Å². The number of rotatable bonds is 6. The molecule has 118 valence electrons. The second-order valence-corrected chi connectivity index (χ2v) is 6.43. The van der Waals surface area contributed by atoms with Crippen LogP contribution in [-0.2, 0) is 17.8 Å². The molecule has 21 heavy (non-hydrogen) atoms. The van der Waals surface area contributed by atoms with E-state index in [-0.39, 0.29) is 11.9 Å². The average Bonchev–Trinajstić information content (AvgIpc) is 2.88. The maximum atomic E-state index is 12.2. The van der Waals surface area contributed by atoms with Crippen LogP contribution in [0.1, 0.15) is 70.9 Å². The molecule has 5 heteroatoms. The van der Waals surface area contributed by atoms with Crippen molar-refractivity contribution in [2.24, 2.45) is 5.92 Å². The Morgan fingerprint density at radius 1 is 1.33 bits per heavy atom. The molecule has 0 aliphatic carbocycles. The zero-order valence-electron chi connectivity index (χ0n) is 13.7. The number of aromatic nitrogens is 3. The van der Waals surface area contributed by atoms with E-state index >= 15 is 0 Å². The van der Waals surface area contributed by atoms with Gasteiger partial charge in [-0.2, -0.15) is 0 Å². The predicted octanol–water partition coefficient (Wildman–Crippen LogP) is 2.66. The maximum absolute atomic E-state index is 12.2. The lowest BCUT2D eigenvalue weighted by molar-refractivity contribution is -0.123. The van der Waals surface area contributed by atoms with E-state index in [4.69, 9.17) is 0 Å². The Labute approximate surface area is 127 Å². The van der Waals surface area contributed by atoms with Crippen molar-refractivity contribution in [2.75, 3.05) is 0 Å². The molecule has 1 aliphatic rings. The third-order valence-corrected chi connectivity index (χ3v) is 4.49. The third kappa shape index (κ3) is 3.83. The summed E-state index contributed by atoms with van der Waals surface area (Å²) in [6, 6.07) is 0.216. The second kappa shape index (κ2) is 7.05. The number of hydrogen-bond donors (Lipinski definition) is 1. The summed E-state index contributed by atoms with van der Waals surface area (Å²) < 4.78 is 2.19. The van der Waals surface area contributed by atoms with Gasteiger partial charge in [-0.15, -0.1) is 10.2 Å². The highest BCUT2D eigenvalue weighted by Gasteiger charge is 2.25. The van der Waals surface area contributed by atoms with E-state index < -0.39 is 0 Å². The highest BCUT2D eigenvalue weighted by atomic mass is 16.1. The van der Waals surface area contributed by atoms with Gasteiger partial charge in [0.05, 0.1) is 0 Å². The molecule has 0 saturated heterocycles. The smallest absolute Gasteiger partial charge is 0.220 e. The van der Waals surface area contributed by atoms with Crippen LogP contribution in [0.15, 0.2) is 0 Å². The van der Waals surface area contributed by atoms with Crippen molar-refractivity contribution in [3.8, 4) is 0 Å². The molecular weight excluding hydrogens is 264 g/mol. The van der Waals surface area contributed by atoms with Crippen LogP contribution < -0.4 is 5.32 Å². The Bertz CT molecular complexity index is 477. The van der Waals surface area contributed by atoms with Crippen LogP contribution in [0.3, 0.4) is 0 Å². The van der Waals surface area contributed by atoms with E-state index in [0.717, 1.165) is 43.9 Å². The molecule has 1 aromatic heterocycles. The number of nitrogens with one attached hydrogen (secondary N) is 1. The summed E-state index contributed by atoms with van der Waals surface area (Å²) in [5, 5.41) is 11.8. The number of carbonyl (C=O) groups is 1. The minimum Gasteiger partial charge on any atom is -0.352 e. The van der Waals surface area contributed by atoms with Crippen LogP contribution in [0.4, 0.5) is 0 Å². The topological polar surface area (TPSA) is 59.8 Å². The molecule has 1 aromatic rings. The van der Waals surface area contributed by atoms with Crippen LogP contribution >= 0.6 is 0 Å². The lowest BCUT2D eigenvalue weighted by Gasteiger charge is -2.26. The Morgan fingerprint density at radius 3 is 2.67 bits per heavy atom. The van der Waals surface area contributed by atoms with Crippen LogP contribution in [-0.4, -0.2) is 26.7 Å². The number of aryl methyl sites for hydroxylation is 1. The standard InChI is InChI=1S/C16H28N4O/c1-5-12(6-2)9-15(21)17-13-7-8-14-18-19-16(11(3)4)20(14)10-13/h11-13H,5-10H2,1-4H3,(H,17,21). The molecule has 0 aromatic carbocycles. The fraction of sp³-hybridized carbons (Fsp3) is 0.812. The summed E-state index contributed by atoms with van der Waals surface area (Å²) in [5.74, 6) is 3.15. The number of amides is 1. The molecule has 0 saturated carbocycles. The fourth-order valence-corrected chi connectivity index (χ4v) is 3.02. The molecule has 0 bridgehead atoms. The van der Waals surface area contributed by atoms with Crippen LogP contribution in [0, 0.1) is 5.92 Å². The van der Waals surface area contributed by atoms with Gasteiger partial charge in [0, 0.05) is 31.3 Å². The predicted molar refractivity (Wildman–Crippen MR) is 83.1 cm³/mol. The van der Waals surface area contributed by atoms with E-state index in [1.54, 1.807) is 0 Å². The second-order valence-electron chi connectivity index (χ2n) is 6.43. The first-order valence-corrected chi connectivity index (χ1v) is 8.26. The van der Waals surface area contributed by atoms with Crippen molar-refractivity contribution in [2.45, 2.75) is 78.3 Å². The number of fused-ring (bicyclic) bond motifs is 1. The van der Waals surface area contributed by atoms with Gasteiger partial charge >= 0.3 is 0 Å². The summed E-state index contributed by atoms with van der Waals surface area (Å²) in [6.45, 7) is 9.38. The maximum Gasteiger partial charge on any atom is 0.220 e. The molecule has 1 N–H and O–H groups in total. The van der Waals surface area contributed by atoms with Gasteiger partial charge in [0.25, 0.3) is 0 Å². The van der Waals surface area contributed by atoms with Gasteiger partial charge < -0.3 is 9.88 Å². The summed E-state index contributed by atoms with van der Waals surface area (Å²) in [4.78, 5) is 12.2. The molecule has 0 radical (unpaired) electrons. The van der Waals surface area contributed by atoms with E-state index in [1.807, 2.05) is 0 Å². The highest BCUT2D eigenvalue weighted by molar-refractivity contribution is 5.76. The zero-order valence-corrected chi connectivity index (χ0v) is 13.7. The van der Waals surface area contributed by atoms with Crippen molar-refractivity contribution in [1.82, 2.24) is 20.1 Å². The summed E-state index contributed by atoms with van der Waals surface area (Å²) in [7, 11) is 0. The molecule has 1 aliphatic heterocycles.